The third-order valence-electron chi connectivity index (χ3n) is 1.50. The van der Waals surface area contributed by atoms with Crippen LogP contribution in [0.1, 0.15) is 0 Å². The monoisotopic (exact) mass is 244 g/mol. The first-order valence-corrected chi connectivity index (χ1v) is 5.11. The number of nitrogens with zero attached hydrogens (tertiary/aromatic N) is 4. The van der Waals surface area contributed by atoms with E-state index in [9.17, 15) is 18.5 Å². The van der Waals surface area contributed by atoms with Crippen LogP contribution in [0.25, 0.3) is 10.4 Å². The molecule has 1 aromatic rings. The maximum atomic E-state index is 11.2. The summed E-state index contributed by atoms with van der Waals surface area (Å²) in [6, 6.07) is 3.93. The third kappa shape index (κ3) is 2.59. The topological polar surface area (TPSA) is 135 Å². The second kappa shape index (κ2) is 4.47. The van der Waals surface area contributed by atoms with Gasteiger partial charge in [-0.15, -0.1) is 0 Å². The van der Waals surface area contributed by atoms with E-state index in [4.69, 9.17) is 5.53 Å². The molecule has 1 aromatic carbocycles. The van der Waals surface area contributed by atoms with Crippen molar-refractivity contribution < 1.29 is 17.6 Å². The van der Waals surface area contributed by atoms with Gasteiger partial charge in [0, 0.05) is 17.0 Å². The van der Waals surface area contributed by atoms with Crippen LogP contribution in [-0.2, 0) is 14.4 Å². The highest BCUT2D eigenvalue weighted by Gasteiger charge is 2.16. The number of benzene rings is 1. The van der Waals surface area contributed by atoms with Gasteiger partial charge < -0.3 is 4.28 Å². The van der Waals surface area contributed by atoms with E-state index in [-0.39, 0.29) is 10.6 Å². The van der Waals surface area contributed by atoms with Gasteiger partial charge in [-0.2, -0.15) is 8.42 Å². The van der Waals surface area contributed by atoms with Crippen molar-refractivity contribution in [2.24, 2.45) is 5.28 Å². The van der Waals surface area contributed by atoms with Crippen LogP contribution in [-0.4, -0.2) is 13.3 Å². The largest absolute Gasteiger partial charge is 0.345 e. The van der Waals surface area contributed by atoms with Crippen LogP contribution in [0, 0.1) is 10.1 Å². The zero-order chi connectivity index (χ0) is 12.2. The molecular formula is C6H4N4O5S. The molecule has 0 bridgehead atoms. The van der Waals surface area contributed by atoms with Gasteiger partial charge in [0.25, 0.3) is 5.69 Å². The summed E-state index contributed by atoms with van der Waals surface area (Å²) in [5.74, 6) is 0. The summed E-state index contributed by atoms with van der Waals surface area (Å²) in [4.78, 5) is 11.4. The Labute approximate surface area is 89.1 Å². The standard InChI is InChI=1S/C6H4N4O5S/c7-8-9-15-16(13,14)6-3-1-5(2-4-6)10(11)12/h1-4H. The van der Waals surface area contributed by atoms with Crippen molar-refractivity contribution in [1.82, 2.24) is 0 Å². The normalized spacial score (nSPS) is 10.2. The highest BCUT2D eigenvalue weighted by molar-refractivity contribution is 7.86. The lowest BCUT2D eigenvalue weighted by Gasteiger charge is -1.99. The van der Waals surface area contributed by atoms with E-state index in [1.54, 1.807) is 0 Å². The molecule has 0 aromatic heterocycles. The lowest BCUT2D eigenvalue weighted by atomic mass is 10.3. The summed E-state index contributed by atoms with van der Waals surface area (Å²) < 4.78 is 26.3. The first kappa shape index (κ1) is 11.8. The lowest BCUT2D eigenvalue weighted by Crippen LogP contribution is -2.01. The van der Waals surface area contributed by atoms with Gasteiger partial charge in [0.1, 0.15) is 10.2 Å². The van der Waals surface area contributed by atoms with E-state index in [1.165, 1.54) is 0 Å². The molecule has 0 unspecified atom stereocenters. The highest BCUT2D eigenvalue weighted by atomic mass is 32.2. The molecule has 16 heavy (non-hydrogen) atoms. The van der Waals surface area contributed by atoms with E-state index in [2.05, 4.69) is 14.5 Å². The Morgan fingerprint density at radius 1 is 1.38 bits per heavy atom. The second-order valence-corrected chi connectivity index (χ2v) is 3.98. The van der Waals surface area contributed by atoms with Gasteiger partial charge in [0.2, 0.25) is 0 Å². The molecule has 0 aliphatic heterocycles. The number of azide groups is 1. The average Bonchev–Trinajstić information content (AvgIpc) is 2.26. The molecule has 0 spiro atoms. The average molecular weight is 244 g/mol. The molecule has 0 N–H and O–H groups in total. The van der Waals surface area contributed by atoms with Gasteiger partial charge in [-0.1, -0.05) is 0 Å². The smallest absolute Gasteiger partial charge is 0.307 e. The molecule has 0 aliphatic carbocycles. The van der Waals surface area contributed by atoms with Crippen molar-refractivity contribution in [3.63, 3.8) is 0 Å². The summed E-state index contributed by atoms with van der Waals surface area (Å²) in [6.07, 6.45) is 0. The summed E-state index contributed by atoms with van der Waals surface area (Å²) in [7, 11) is -4.21. The molecule has 0 saturated heterocycles. The van der Waals surface area contributed by atoms with Crippen LogP contribution < -0.4 is 0 Å². The zero-order valence-corrected chi connectivity index (χ0v) is 8.36. The van der Waals surface area contributed by atoms with Crippen molar-refractivity contribution in [3.8, 4) is 0 Å². The van der Waals surface area contributed by atoms with E-state index in [0.29, 0.717) is 0 Å². The second-order valence-electron chi connectivity index (χ2n) is 2.45. The molecule has 0 saturated carbocycles. The van der Waals surface area contributed by atoms with Crippen molar-refractivity contribution in [2.45, 2.75) is 4.90 Å². The molecule has 10 heteroatoms. The summed E-state index contributed by atoms with van der Waals surface area (Å²) in [6.45, 7) is 0. The van der Waals surface area contributed by atoms with E-state index in [1.807, 2.05) is 0 Å². The molecular weight excluding hydrogens is 240 g/mol. The zero-order valence-electron chi connectivity index (χ0n) is 7.55. The number of nitro benzene ring substituents is 1. The Morgan fingerprint density at radius 2 is 1.94 bits per heavy atom. The maximum Gasteiger partial charge on any atom is 0.345 e. The molecule has 0 heterocycles. The summed E-state index contributed by atoms with van der Waals surface area (Å²) in [5, 5.41) is 12.7. The number of non-ortho nitro benzene ring substituents is 1. The molecule has 0 aliphatic rings. The van der Waals surface area contributed by atoms with Gasteiger partial charge in [-0.3, -0.25) is 10.1 Å². The Morgan fingerprint density at radius 3 is 2.38 bits per heavy atom. The van der Waals surface area contributed by atoms with E-state index < -0.39 is 15.0 Å². The first-order valence-electron chi connectivity index (χ1n) is 3.70. The van der Waals surface area contributed by atoms with Crippen LogP contribution >= 0.6 is 0 Å². The Kier molecular flexibility index (Phi) is 3.28. The van der Waals surface area contributed by atoms with Crippen LogP contribution in [0.3, 0.4) is 0 Å². The van der Waals surface area contributed by atoms with Gasteiger partial charge in [-0.25, -0.2) is 0 Å². The number of nitro groups is 1. The Hall–Kier alpha value is -2.32. The summed E-state index contributed by atoms with van der Waals surface area (Å²) in [5.41, 5.74) is 7.61. The highest BCUT2D eigenvalue weighted by Crippen LogP contribution is 2.17. The minimum absolute atomic E-state index is 0.261. The van der Waals surface area contributed by atoms with Gasteiger partial charge in [0.15, 0.2) is 0 Å². The number of hydrogen-bond acceptors (Lipinski definition) is 6. The fourth-order valence-corrected chi connectivity index (χ4v) is 1.51. The van der Waals surface area contributed by atoms with Crippen molar-refractivity contribution in [3.05, 3.63) is 44.8 Å². The molecule has 1 rings (SSSR count). The molecule has 9 nitrogen and oxygen atoms in total. The van der Waals surface area contributed by atoms with Gasteiger partial charge in [-0.05, 0) is 17.7 Å². The minimum atomic E-state index is -4.21. The molecule has 0 amide bonds. The van der Waals surface area contributed by atoms with E-state index >= 15 is 0 Å². The predicted octanol–water partition coefficient (Wildman–Crippen LogP) is 1.53. The minimum Gasteiger partial charge on any atom is -0.307 e. The number of hydrogen-bond donors (Lipinski definition) is 0. The Bertz CT molecular complexity index is 545. The van der Waals surface area contributed by atoms with Crippen molar-refractivity contribution >= 4 is 15.8 Å². The van der Waals surface area contributed by atoms with Crippen LogP contribution in [0.5, 0.6) is 0 Å². The fourth-order valence-electron chi connectivity index (χ4n) is 0.836. The summed E-state index contributed by atoms with van der Waals surface area (Å²) >= 11 is 0. The van der Waals surface area contributed by atoms with Crippen molar-refractivity contribution in [2.75, 3.05) is 0 Å². The van der Waals surface area contributed by atoms with Gasteiger partial charge >= 0.3 is 10.1 Å². The maximum absolute atomic E-state index is 11.2. The molecule has 0 radical (unpaired) electrons. The van der Waals surface area contributed by atoms with Crippen molar-refractivity contribution in [1.29, 1.82) is 0 Å². The molecule has 0 atom stereocenters. The molecule has 0 fully saturated rings. The lowest BCUT2D eigenvalue weighted by molar-refractivity contribution is -0.384. The quantitative estimate of drug-likeness (QED) is 0.260. The Balaban J connectivity index is 3.06. The first-order chi connectivity index (χ1) is 7.47. The van der Waals surface area contributed by atoms with Crippen LogP contribution in [0.4, 0.5) is 5.69 Å². The predicted molar refractivity (Wildman–Crippen MR) is 50.5 cm³/mol. The third-order valence-corrected chi connectivity index (χ3v) is 2.62. The van der Waals surface area contributed by atoms with Crippen LogP contribution in [0.15, 0.2) is 34.4 Å². The SMILES string of the molecule is [N-]=[N+]=NOS(=O)(=O)c1ccc([N+](=O)[O-])cc1. The molecule has 84 valence electrons. The van der Waals surface area contributed by atoms with Gasteiger partial charge in [0.05, 0.1) is 4.92 Å². The number of rotatable bonds is 4. The van der Waals surface area contributed by atoms with Crippen LogP contribution in [0.2, 0.25) is 0 Å². The fraction of sp³-hybridized carbons (Fsp3) is 0. The van der Waals surface area contributed by atoms with E-state index in [0.717, 1.165) is 24.3 Å².